The number of urea groups is 1. The van der Waals surface area contributed by atoms with Crippen LogP contribution in [-0.4, -0.2) is 25.7 Å². The first-order valence-electron chi connectivity index (χ1n) is 7.00. The summed E-state index contributed by atoms with van der Waals surface area (Å²) in [6.07, 6.45) is 1.61. The van der Waals surface area contributed by atoms with Crippen LogP contribution in [0.4, 0.5) is 4.79 Å². The van der Waals surface area contributed by atoms with Crippen molar-refractivity contribution in [1.29, 1.82) is 0 Å². The summed E-state index contributed by atoms with van der Waals surface area (Å²) in [5, 5.41) is 7.42. The Morgan fingerprint density at radius 2 is 1.95 bits per heavy atom. The van der Waals surface area contributed by atoms with Crippen molar-refractivity contribution in [3.8, 4) is 17.6 Å². The van der Waals surface area contributed by atoms with E-state index < -0.39 is 0 Å². The zero-order chi connectivity index (χ0) is 15.6. The summed E-state index contributed by atoms with van der Waals surface area (Å²) in [5.41, 5.74) is 0. The predicted octanol–water partition coefficient (Wildman–Crippen LogP) is 2.71. The summed E-state index contributed by atoms with van der Waals surface area (Å²) >= 11 is 0. The highest BCUT2D eigenvalue weighted by molar-refractivity contribution is 5.88. The second kappa shape index (κ2) is 8.38. The number of carbonyl (C=O) groups excluding carboxylic acids is 1. The van der Waals surface area contributed by atoms with Crippen LogP contribution in [0.5, 0.6) is 5.75 Å². The maximum absolute atomic E-state index is 11.2. The van der Waals surface area contributed by atoms with E-state index >= 15 is 0 Å². The SMILES string of the molecule is C=CCNC(=O)NCC#CCOc1cccc2ccccc12. The summed E-state index contributed by atoms with van der Waals surface area (Å²) in [7, 11) is 0. The topological polar surface area (TPSA) is 50.4 Å². The van der Waals surface area contributed by atoms with E-state index in [4.69, 9.17) is 4.74 Å². The molecule has 2 aromatic rings. The number of nitrogens with one attached hydrogen (secondary N) is 2. The Hall–Kier alpha value is -2.93. The molecule has 0 saturated carbocycles. The van der Waals surface area contributed by atoms with Crippen LogP contribution in [0.15, 0.2) is 55.1 Å². The monoisotopic (exact) mass is 294 g/mol. The molecule has 0 aliphatic heterocycles. The average molecular weight is 294 g/mol. The molecule has 0 radical (unpaired) electrons. The van der Waals surface area contributed by atoms with Crippen LogP contribution in [0.2, 0.25) is 0 Å². The minimum Gasteiger partial charge on any atom is -0.480 e. The van der Waals surface area contributed by atoms with Crippen LogP contribution in [0, 0.1) is 11.8 Å². The summed E-state index contributed by atoms with van der Waals surface area (Å²) in [6.45, 7) is 4.51. The molecule has 0 bridgehead atoms. The highest BCUT2D eigenvalue weighted by atomic mass is 16.5. The second-order valence-electron chi connectivity index (χ2n) is 4.47. The van der Waals surface area contributed by atoms with Gasteiger partial charge in [0.2, 0.25) is 0 Å². The average Bonchev–Trinajstić information content (AvgIpc) is 2.56. The quantitative estimate of drug-likeness (QED) is 0.658. The van der Waals surface area contributed by atoms with E-state index in [2.05, 4.69) is 29.1 Å². The minimum atomic E-state index is -0.260. The highest BCUT2D eigenvalue weighted by Crippen LogP contribution is 2.24. The van der Waals surface area contributed by atoms with E-state index in [1.165, 1.54) is 0 Å². The fourth-order valence-corrected chi connectivity index (χ4v) is 1.90. The summed E-state index contributed by atoms with van der Waals surface area (Å²) < 4.78 is 5.68. The van der Waals surface area contributed by atoms with Gasteiger partial charge in [-0.25, -0.2) is 4.79 Å². The molecule has 0 fully saturated rings. The Bertz CT molecular complexity index is 708. The van der Waals surface area contributed by atoms with Crippen molar-refractivity contribution in [1.82, 2.24) is 10.6 Å². The molecule has 2 rings (SSSR count). The molecule has 0 atom stereocenters. The molecule has 0 spiro atoms. The molecule has 0 aliphatic carbocycles. The number of amides is 2. The van der Waals surface area contributed by atoms with Gasteiger partial charge in [-0.15, -0.1) is 6.58 Å². The van der Waals surface area contributed by atoms with Crippen molar-refractivity contribution in [3.05, 3.63) is 55.1 Å². The molecule has 112 valence electrons. The number of ether oxygens (including phenoxy) is 1. The number of fused-ring (bicyclic) bond motifs is 1. The van der Waals surface area contributed by atoms with Crippen molar-refractivity contribution in [3.63, 3.8) is 0 Å². The number of benzene rings is 2. The smallest absolute Gasteiger partial charge is 0.315 e. The van der Waals surface area contributed by atoms with Gasteiger partial charge in [0.15, 0.2) is 0 Å². The van der Waals surface area contributed by atoms with Gasteiger partial charge in [0.1, 0.15) is 12.4 Å². The third-order valence-corrected chi connectivity index (χ3v) is 2.92. The molecular formula is C18H18N2O2. The maximum Gasteiger partial charge on any atom is 0.315 e. The van der Waals surface area contributed by atoms with E-state index in [9.17, 15) is 4.79 Å². The van der Waals surface area contributed by atoms with Gasteiger partial charge in [0, 0.05) is 11.9 Å². The Morgan fingerprint density at radius 1 is 1.14 bits per heavy atom. The lowest BCUT2D eigenvalue weighted by Gasteiger charge is -2.06. The first-order chi connectivity index (χ1) is 10.8. The largest absolute Gasteiger partial charge is 0.480 e. The van der Waals surface area contributed by atoms with E-state index in [-0.39, 0.29) is 19.2 Å². The Labute approximate surface area is 130 Å². The summed E-state index contributed by atoms with van der Waals surface area (Å²) in [5.74, 6) is 6.52. The van der Waals surface area contributed by atoms with Crippen LogP contribution in [0.3, 0.4) is 0 Å². The van der Waals surface area contributed by atoms with Crippen LogP contribution in [0.25, 0.3) is 10.8 Å². The van der Waals surface area contributed by atoms with Gasteiger partial charge in [-0.1, -0.05) is 54.3 Å². The van der Waals surface area contributed by atoms with Gasteiger partial charge in [-0.05, 0) is 11.5 Å². The first kappa shape index (κ1) is 15.5. The number of hydrogen-bond acceptors (Lipinski definition) is 2. The lowest BCUT2D eigenvalue weighted by Crippen LogP contribution is -2.35. The molecule has 0 aromatic heterocycles. The predicted molar refractivity (Wildman–Crippen MR) is 88.8 cm³/mol. The number of hydrogen-bond donors (Lipinski definition) is 2. The molecule has 22 heavy (non-hydrogen) atoms. The molecule has 0 aliphatic rings. The summed E-state index contributed by atoms with van der Waals surface area (Å²) in [6, 6.07) is 13.7. The van der Waals surface area contributed by atoms with Crippen LogP contribution in [0.1, 0.15) is 0 Å². The van der Waals surface area contributed by atoms with Crippen molar-refractivity contribution >= 4 is 16.8 Å². The number of carbonyl (C=O) groups is 1. The van der Waals surface area contributed by atoms with Crippen molar-refractivity contribution in [2.24, 2.45) is 0 Å². The Kier molecular flexibility index (Phi) is 5.89. The van der Waals surface area contributed by atoms with Crippen molar-refractivity contribution < 1.29 is 9.53 Å². The van der Waals surface area contributed by atoms with E-state index in [1.54, 1.807) is 6.08 Å². The first-order valence-corrected chi connectivity index (χ1v) is 7.00. The van der Waals surface area contributed by atoms with Gasteiger partial charge in [0.25, 0.3) is 0 Å². The van der Waals surface area contributed by atoms with Crippen molar-refractivity contribution in [2.75, 3.05) is 19.7 Å². The molecule has 0 heterocycles. The third kappa shape index (κ3) is 4.57. The molecule has 0 saturated heterocycles. The fourth-order valence-electron chi connectivity index (χ4n) is 1.90. The van der Waals surface area contributed by atoms with Gasteiger partial charge < -0.3 is 15.4 Å². The van der Waals surface area contributed by atoms with Gasteiger partial charge in [-0.3, -0.25) is 0 Å². The lowest BCUT2D eigenvalue weighted by atomic mass is 10.1. The molecule has 0 unspecified atom stereocenters. The number of rotatable bonds is 5. The summed E-state index contributed by atoms with van der Waals surface area (Å²) in [4.78, 5) is 11.2. The Morgan fingerprint density at radius 3 is 2.82 bits per heavy atom. The maximum atomic E-state index is 11.2. The Balaban J connectivity index is 1.80. The van der Waals surface area contributed by atoms with Gasteiger partial charge in [-0.2, -0.15) is 0 Å². The molecule has 4 heteroatoms. The fraction of sp³-hybridized carbons (Fsp3) is 0.167. The minimum absolute atomic E-state index is 0.260. The zero-order valence-electron chi connectivity index (χ0n) is 12.3. The van der Waals surface area contributed by atoms with E-state index in [0.29, 0.717) is 6.54 Å². The van der Waals surface area contributed by atoms with Gasteiger partial charge in [0.05, 0.1) is 6.54 Å². The van der Waals surface area contributed by atoms with Crippen molar-refractivity contribution in [2.45, 2.75) is 0 Å². The lowest BCUT2D eigenvalue weighted by molar-refractivity contribution is 0.243. The molecule has 2 aromatic carbocycles. The highest BCUT2D eigenvalue weighted by Gasteiger charge is 1.99. The standard InChI is InChI=1S/C18H18N2O2/c1-2-12-19-18(21)20-13-5-6-14-22-17-11-7-9-15-8-3-4-10-16(15)17/h2-4,7-11H,1,12-14H2,(H2,19,20,21). The third-order valence-electron chi connectivity index (χ3n) is 2.92. The zero-order valence-corrected chi connectivity index (χ0v) is 12.3. The molecule has 2 amide bonds. The molecular weight excluding hydrogens is 276 g/mol. The van der Waals surface area contributed by atoms with E-state index in [1.807, 2.05) is 42.5 Å². The molecule has 4 nitrogen and oxygen atoms in total. The van der Waals surface area contributed by atoms with Crippen LogP contribution >= 0.6 is 0 Å². The van der Waals surface area contributed by atoms with Crippen LogP contribution in [-0.2, 0) is 0 Å². The van der Waals surface area contributed by atoms with E-state index in [0.717, 1.165) is 16.5 Å². The normalized spacial score (nSPS) is 9.45. The van der Waals surface area contributed by atoms with Crippen LogP contribution < -0.4 is 15.4 Å². The second-order valence-corrected chi connectivity index (χ2v) is 4.47. The van der Waals surface area contributed by atoms with Gasteiger partial charge >= 0.3 is 6.03 Å². The molecule has 2 N–H and O–H groups in total.